The van der Waals surface area contributed by atoms with Crippen molar-refractivity contribution in [1.82, 2.24) is 0 Å². The first-order chi connectivity index (χ1) is 5.46. The van der Waals surface area contributed by atoms with Crippen LogP contribution in [-0.2, 0) is 0 Å². The summed E-state index contributed by atoms with van der Waals surface area (Å²) in [4.78, 5) is 0. The van der Waals surface area contributed by atoms with Gasteiger partial charge < -0.3 is 5.11 Å². The van der Waals surface area contributed by atoms with Gasteiger partial charge in [-0.2, -0.15) is 0 Å². The Kier molecular flexibility index (Phi) is 6.05. The summed E-state index contributed by atoms with van der Waals surface area (Å²) in [5.41, 5.74) is 0. The van der Waals surface area contributed by atoms with Crippen LogP contribution in [0.4, 0.5) is 0 Å². The molecule has 0 bridgehead atoms. The molecule has 0 saturated carbocycles. The Morgan fingerprint density at radius 2 is 0.846 bits per heavy atom. The van der Waals surface area contributed by atoms with Gasteiger partial charge in [0.15, 0.2) is 5.75 Å². The summed E-state index contributed by atoms with van der Waals surface area (Å²) in [5, 5.41) is 9.01. The summed E-state index contributed by atoms with van der Waals surface area (Å²) in [7, 11) is 0. The molecule has 0 aliphatic heterocycles. The second-order valence-corrected chi connectivity index (χ2v) is 3.81. The minimum atomic E-state index is -0.363. The molecule has 2 radical (unpaired) electrons. The van der Waals surface area contributed by atoms with Gasteiger partial charge in [-0.3, -0.25) is 0 Å². The number of hydrogen-bond acceptors (Lipinski definition) is 1. The van der Waals surface area contributed by atoms with Crippen LogP contribution < -0.4 is 0 Å². The van der Waals surface area contributed by atoms with E-state index in [1.807, 2.05) is 0 Å². The van der Waals surface area contributed by atoms with Gasteiger partial charge in [-0.25, -0.2) is 0 Å². The van der Waals surface area contributed by atoms with Crippen molar-refractivity contribution in [2.24, 2.45) is 0 Å². The Morgan fingerprint density at radius 1 is 0.615 bits per heavy atom. The first-order valence-corrected chi connectivity index (χ1v) is 4.56. The van der Waals surface area contributed by atoms with Gasteiger partial charge in [-0.15, -0.1) is 0 Å². The third-order valence-electron chi connectivity index (χ3n) is 1.19. The number of phenols is 1. The Morgan fingerprint density at radius 3 is 1.15 bits per heavy atom. The maximum atomic E-state index is 9.20. The molecular weight excluding hydrogens is 473 g/mol. The van der Waals surface area contributed by atoms with E-state index >= 15 is 0 Å². The fraction of sp³-hybridized carbons (Fsp3) is 0. The minimum absolute atomic E-state index is 0. The molecule has 0 amide bonds. The van der Waals surface area contributed by atoms with Crippen LogP contribution in [-0.4, -0.2) is 32.4 Å². The van der Waals surface area contributed by atoms with Crippen LogP contribution in [0.1, 0.15) is 0 Å². The van der Waals surface area contributed by atoms with E-state index in [2.05, 4.69) is 0 Å². The van der Waals surface area contributed by atoms with Crippen molar-refractivity contribution < 1.29 is 5.11 Å². The first-order valence-electron chi connectivity index (χ1n) is 2.67. The van der Waals surface area contributed by atoms with Crippen LogP contribution in [0.25, 0.3) is 0 Å². The Bertz CT molecular complexity index is 235. The van der Waals surface area contributed by atoms with Crippen LogP contribution in [0.15, 0.2) is 0 Å². The standard InChI is InChI=1S/C6HCl5O.Pb.2H/c7-1-2(8)4(10)6(12)5(11)3(1)9;;;/h12H;;;. The Labute approximate surface area is 120 Å². The van der Waals surface area contributed by atoms with Gasteiger partial charge in [0.2, 0.25) is 0 Å². The predicted molar refractivity (Wildman–Crippen MR) is 61.7 cm³/mol. The number of benzene rings is 1. The molecule has 1 aromatic carbocycles. The van der Waals surface area contributed by atoms with Gasteiger partial charge in [0.05, 0.1) is 15.1 Å². The summed E-state index contributed by atoms with van der Waals surface area (Å²) in [6, 6.07) is 0. The van der Waals surface area contributed by atoms with Crippen molar-refractivity contribution >= 4 is 85.3 Å². The number of phenolic OH excluding ortho intramolecular Hbond substituents is 1. The van der Waals surface area contributed by atoms with Crippen molar-refractivity contribution in [3.8, 4) is 5.75 Å². The Balaban J connectivity index is 0.00000144. The number of hydrogen-bond donors (Lipinski definition) is 1. The molecule has 1 rings (SSSR count). The molecule has 0 atom stereocenters. The van der Waals surface area contributed by atoms with E-state index in [-0.39, 0.29) is 58.2 Å². The van der Waals surface area contributed by atoms with Gasteiger partial charge in [-0.1, -0.05) is 58.0 Å². The van der Waals surface area contributed by atoms with Gasteiger partial charge >= 0.3 is 27.3 Å². The quantitative estimate of drug-likeness (QED) is 0.344. The average Bonchev–Trinajstić information content (AvgIpc) is 2.08. The number of halogens is 5. The second-order valence-electron chi connectivity index (χ2n) is 1.92. The van der Waals surface area contributed by atoms with Crippen LogP contribution in [0.2, 0.25) is 25.1 Å². The summed E-state index contributed by atoms with van der Waals surface area (Å²) in [6.07, 6.45) is 0. The molecule has 1 N–H and O–H groups in total. The Hall–Kier alpha value is 1.39. The van der Waals surface area contributed by atoms with E-state index in [4.69, 9.17) is 58.0 Å². The number of rotatable bonds is 0. The molecule has 0 aromatic heterocycles. The average molecular weight is 476 g/mol. The third-order valence-corrected chi connectivity index (χ3v) is 3.44. The van der Waals surface area contributed by atoms with E-state index in [1.54, 1.807) is 0 Å². The predicted octanol–water partition coefficient (Wildman–Crippen LogP) is 3.74. The molecule has 13 heavy (non-hydrogen) atoms. The van der Waals surface area contributed by atoms with Gasteiger partial charge in [0.25, 0.3) is 0 Å². The zero-order chi connectivity index (χ0) is 9.46. The molecule has 0 aliphatic rings. The third kappa shape index (κ3) is 2.70. The van der Waals surface area contributed by atoms with Gasteiger partial charge in [-0.05, 0) is 0 Å². The zero-order valence-electron chi connectivity index (χ0n) is 6.04. The monoisotopic (exact) mass is 474 g/mol. The molecule has 0 saturated heterocycles. The number of aromatic hydroxyl groups is 1. The fourth-order valence-corrected chi connectivity index (χ4v) is 1.72. The van der Waals surface area contributed by atoms with Crippen LogP contribution >= 0.6 is 58.0 Å². The van der Waals surface area contributed by atoms with Gasteiger partial charge in [0.1, 0.15) is 10.0 Å². The summed E-state index contributed by atoms with van der Waals surface area (Å²) in [6.45, 7) is 0. The van der Waals surface area contributed by atoms with E-state index in [1.165, 1.54) is 0 Å². The van der Waals surface area contributed by atoms with Crippen molar-refractivity contribution in [3.63, 3.8) is 0 Å². The SMILES string of the molecule is Oc1c(Cl)c(Cl)c(Cl)c(Cl)c1Cl.[PbH2]. The van der Waals surface area contributed by atoms with E-state index in [0.717, 1.165) is 0 Å². The molecular formula is C6H3Cl5OPb. The normalized spacial score (nSPS) is 9.62. The molecule has 1 nitrogen and oxygen atoms in total. The summed E-state index contributed by atoms with van der Waals surface area (Å²) < 4.78 is 0. The molecule has 0 fully saturated rings. The van der Waals surface area contributed by atoms with E-state index in [0.29, 0.717) is 0 Å². The van der Waals surface area contributed by atoms with Crippen molar-refractivity contribution in [3.05, 3.63) is 25.1 Å². The van der Waals surface area contributed by atoms with Crippen LogP contribution in [0, 0.1) is 0 Å². The molecule has 0 heterocycles. The van der Waals surface area contributed by atoms with Crippen molar-refractivity contribution in [1.29, 1.82) is 0 Å². The maximum absolute atomic E-state index is 9.20. The van der Waals surface area contributed by atoms with E-state index < -0.39 is 0 Å². The van der Waals surface area contributed by atoms with Crippen LogP contribution in [0.5, 0.6) is 5.75 Å². The van der Waals surface area contributed by atoms with Crippen molar-refractivity contribution in [2.45, 2.75) is 0 Å². The zero-order valence-corrected chi connectivity index (χ0v) is 15.3. The van der Waals surface area contributed by atoms with Gasteiger partial charge in [0, 0.05) is 0 Å². The molecule has 72 valence electrons. The topological polar surface area (TPSA) is 20.2 Å². The second kappa shape index (κ2) is 5.47. The molecule has 0 unspecified atom stereocenters. The molecule has 0 spiro atoms. The summed E-state index contributed by atoms with van der Waals surface area (Å²) >= 11 is 27.9. The summed E-state index contributed by atoms with van der Waals surface area (Å²) in [5.74, 6) is -0.363. The molecule has 7 heteroatoms. The van der Waals surface area contributed by atoms with Crippen LogP contribution in [0.3, 0.4) is 0 Å². The molecule has 0 aliphatic carbocycles. The molecule has 1 aromatic rings. The fourth-order valence-electron chi connectivity index (χ4n) is 0.593. The van der Waals surface area contributed by atoms with E-state index in [9.17, 15) is 5.11 Å². The van der Waals surface area contributed by atoms with Crippen molar-refractivity contribution in [2.75, 3.05) is 0 Å². The first kappa shape index (κ1) is 14.4.